The molecule has 1 heterocycles. The van der Waals surface area contributed by atoms with E-state index in [1.807, 2.05) is 36.4 Å². The van der Waals surface area contributed by atoms with Crippen LogP contribution in [0.25, 0.3) is 0 Å². The molecule has 0 bridgehead atoms. The summed E-state index contributed by atoms with van der Waals surface area (Å²) in [5, 5.41) is 0. The van der Waals surface area contributed by atoms with E-state index in [1.165, 1.54) is 0 Å². The summed E-state index contributed by atoms with van der Waals surface area (Å²) in [6.45, 7) is 5.23. The highest BCUT2D eigenvalue weighted by molar-refractivity contribution is 6.36. The minimum absolute atomic E-state index is 0.435. The van der Waals surface area contributed by atoms with Crippen LogP contribution in [0.3, 0.4) is 0 Å². The zero-order valence-electron chi connectivity index (χ0n) is 13.7. The number of aromatic nitrogens is 1. The molecule has 0 aliphatic rings. The summed E-state index contributed by atoms with van der Waals surface area (Å²) in [6.07, 6.45) is 3.70. The molecule has 0 N–H and O–H groups in total. The van der Waals surface area contributed by atoms with Crippen LogP contribution >= 0.6 is 0 Å². The molecule has 0 radical (unpaired) electrons. The van der Waals surface area contributed by atoms with Crippen LogP contribution in [0, 0.1) is 0 Å². The smallest absolute Gasteiger partial charge is 0.375 e. The molecule has 1 unspecified atom stereocenters. The lowest BCUT2D eigenvalue weighted by molar-refractivity contribution is -0.163. The Labute approximate surface area is 136 Å². The van der Waals surface area contributed by atoms with Gasteiger partial charge in [-0.05, 0) is 44.4 Å². The van der Waals surface area contributed by atoms with E-state index in [-0.39, 0.29) is 0 Å². The molecule has 0 aliphatic heterocycles. The maximum Gasteiger partial charge on any atom is 0.375 e. The van der Waals surface area contributed by atoms with Gasteiger partial charge in [-0.2, -0.15) is 0 Å². The predicted molar refractivity (Wildman–Crippen MR) is 88.0 cm³/mol. The van der Waals surface area contributed by atoms with Gasteiger partial charge < -0.3 is 4.74 Å². The van der Waals surface area contributed by atoms with Crippen molar-refractivity contribution in [2.24, 2.45) is 0 Å². The minimum Gasteiger partial charge on any atom is -0.454 e. The molecule has 4 nitrogen and oxygen atoms in total. The summed E-state index contributed by atoms with van der Waals surface area (Å²) < 4.78 is 5.23. The fourth-order valence-electron chi connectivity index (χ4n) is 2.26. The minimum atomic E-state index is -0.803. The molecule has 2 aromatic rings. The van der Waals surface area contributed by atoms with E-state index >= 15 is 0 Å². The molecule has 1 aromatic heterocycles. The number of nitrogens with zero attached hydrogens (tertiary/aromatic N) is 1. The highest BCUT2D eigenvalue weighted by Gasteiger charge is 2.31. The Bertz CT molecular complexity index is 660. The Morgan fingerprint density at radius 2 is 1.78 bits per heavy atom. The van der Waals surface area contributed by atoms with Gasteiger partial charge in [0.2, 0.25) is 5.78 Å². The lowest BCUT2D eigenvalue weighted by Crippen LogP contribution is -2.32. The van der Waals surface area contributed by atoms with Crippen molar-refractivity contribution in [3.63, 3.8) is 0 Å². The van der Waals surface area contributed by atoms with Gasteiger partial charge >= 0.3 is 5.97 Å². The van der Waals surface area contributed by atoms with Gasteiger partial charge in [0.15, 0.2) is 0 Å². The van der Waals surface area contributed by atoms with Gasteiger partial charge in [0.25, 0.3) is 0 Å². The topological polar surface area (TPSA) is 56.3 Å². The van der Waals surface area contributed by atoms with Crippen molar-refractivity contribution in [1.82, 2.24) is 4.98 Å². The lowest BCUT2D eigenvalue weighted by atomic mass is 9.89. The fourth-order valence-corrected chi connectivity index (χ4v) is 2.26. The van der Waals surface area contributed by atoms with Gasteiger partial charge in [-0.3, -0.25) is 9.78 Å². The summed E-state index contributed by atoms with van der Waals surface area (Å²) in [5.74, 6) is -1.94. The van der Waals surface area contributed by atoms with Crippen molar-refractivity contribution < 1.29 is 14.3 Å². The number of hydrogen-bond acceptors (Lipinski definition) is 4. The molecule has 4 heteroatoms. The number of ketones is 1. The highest BCUT2D eigenvalue weighted by Crippen LogP contribution is 2.23. The fraction of sp³-hybridized carbons (Fsp3) is 0.316. The second kappa shape index (κ2) is 7.18. The zero-order valence-corrected chi connectivity index (χ0v) is 13.7. The number of carbonyl (C=O) groups excluding carboxylic acids is 2. The summed E-state index contributed by atoms with van der Waals surface area (Å²) in [6, 6.07) is 13.2. The van der Waals surface area contributed by atoms with Gasteiger partial charge in [0, 0.05) is 12.4 Å². The van der Waals surface area contributed by atoms with E-state index in [1.54, 1.807) is 39.2 Å². The van der Waals surface area contributed by atoms with Gasteiger partial charge in [0.05, 0.1) is 5.92 Å². The molecule has 0 spiro atoms. The molecule has 0 saturated heterocycles. The van der Waals surface area contributed by atoms with Crippen LogP contribution < -0.4 is 0 Å². The summed E-state index contributed by atoms with van der Waals surface area (Å²) in [7, 11) is 0. The Hall–Kier alpha value is -2.49. The van der Waals surface area contributed by atoms with E-state index in [0.29, 0.717) is 12.0 Å². The van der Waals surface area contributed by atoms with Gasteiger partial charge in [0.1, 0.15) is 5.60 Å². The average molecular weight is 311 g/mol. The van der Waals surface area contributed by atoms with Crippen molar-refractivity contribution in [3.8, 4) is 0 Å². The molecule has 2 rings (SSSR count). The monoisotopic (exact) mass is 311 g/mol. The van der Waals surface area contributed by atoms with Crippen LogP contribution in [0.5, 0.6) is 0 Å². The Morgan fingerprint density at radius 1 is 1.09 bits per heavy atom. The quantitative estimate of drug-likeness (QED) is 0.628. The highest BCUT2D eigenvalue weighted by atomic mass is 16.6. The molecule has 0 aliphatic carbocycles. The first kappa shape index (κ1) is 16.9. The molecule has 0 amide bonds. The lowest BCUT2D eigenvalue weighted by Gasteiger charge is -2.21. The van der Waals surface area contributed by atoms with E-state index in [4.69, 9.17) is 4.74 Å². The number of esters is 1. The summed E-state index contributed by atoms with van der Waals surface area (Å²) in [4.78, 5) is 28.9. The third kappa shape index (κ3) is 5.02. The first-order valence-corrected chi connectivity index (χ1v) is 7.58. The van der Waals surface area contributed by atoms with Crippen molar-refractivity contribution in [2.75, 3.05) is 0 Å². The molecular formula is C19H21NO3. The van der Waals surface area contributed by atoms with Crippen LogP contribution in [-0.4, -0.2) is 22.3 Å². The normalized spacial score (nSPS) is 12.5. The summed E-state index contributed by atoms with van der Waals surface area (Å²) in [5.41, 5.74) is 1.00. The van der Waals surface area contributed by atoms with Crippen LogP contribution in [0.2, 0.25) is 0 Å². The number of ether oxygens (including phenoxy) is 1. The Morgan fingerprint density at radius 3 is 2.35 bits per heavy atom. The van der Waals surface area contributed by atoms with E-state index in [9.17, 15) is 9.59 Å². The third-order valence-corrected chi connectivity index (χ3v) is 3.29. The maximum absolute atomic E-state index is 12.6. The molecule has 0 saturated carbocycles. The van der Waals surface area contributed by atoms with E-state index in [2.05, 4.69) is 4.98 Å². The zero-order chi connectivity index (χ0) is 16.9. The van der Waals surface area contributed by atoms with Gasteiger partial charge in [-0.15, -0.1) is 0 Å². The van der Waals surface area contributed by atoms with E-state index in [0.717, 1.165) is 5.56 Å². The van der Waals surface area contributed by atoms with Crippen LogP contribution in [0.4, 0.5) is 0 Å². The van der Waals surface area contributed by atoms with Gasteiger partial charge in [-0.25, -0.2) is 4.79 Å². The molecule has 23 heavy (non-hydrogen) atoms. The Kier molecular flexibility index (Phi) is 5.27. The van der Waals surface area contributed by atoms with Crippen molar-refractivity contribution in [1.29, 1.82) is 0 Å². The molecular weight excluding hydrogens is 290 g/mol. The van der Waals surface area contributed by atoms with Crippen molar-refractivity contribution >= 4 is 11.8 Å². The van der Waals surface area contributed by atoms with Crippen LogP contribution in [0.15, 0.2) is 54.9 Å². The molecule has 120 valence electrons. The number of hydrogen-bond donors (Lipinski definition) is 0. The third-order valence-electron chi connectivity index (χ3n) is 3.29. The number of Topliss-reactive ketones (excluding diaryl/α,β-unsaturated/α-hetero) is 1. The first-order valence-electron chi connectivity index (χ1n) is 7.58. The van der Waals surface area contributed by atoms with Crippen molar-refractivity contribution in [3.05, 3.63) is 66.0 Å². The molecule has 0 fully saturated rings. The number of carbonyl (C=O) groups is 2. The predicted octanol–water partition coefficient (Wildman–Crippen LogP) is 3.32. The molecule has 1 aromatic carbocycles. The number of pyridine rings is 1. The number of benzene rings is 1. The SMILES string of the molecule is CC(C)(C)OC(=O)C(=O)C(Cc1ccccc1)c1cccnc1. The van der Waals surface area contributed by atoms with E-state index < -0.39 is 23.3 Å². The second-order valence-corrected chi connectivity index (χ2v) is 6.39. The Balaban J connectivity index is 2.27. The first-order chi connectivity index (χ1) is 10.9. The second-order valence-electron chi connectivity index (χ2n) is 6.39. The van der Waals surface area contributed by atoms with Crippen LogP contribution in [-0.2, 0) is 20.7 Å². The number of rotatable bonds is 5. The average Bonchev–Trinajstić information content (AvgIpc) is 2.52. The standard InChI is InChI=1S/C19H21NO3/c1-19(2,3)23-18(22)17(21)16(15-10-7-11-20-13-15)12-14-8-5-4-6-9-14/h4-11,13,16H,12H2,1-3H3. The van der Waals surface area contributed by atoms with Gasteiger partial charge in [-0.1, -0.05) is 36.4 Å². The van der Waals surface area contributed by atoms with Crippen molar-refractivity contribution in [2.45, 2.75) is 38.7 Å². The largest absolute Gasteiger partial charge is 0.454 e. The van der Waals surface area contributed by atoms with Crippen LogP contribution in [0.1, 0.15) is 37.8 Å². The summed E-state index contributed by atoms with van der Waals surface area (Å²) >= 11 is 0. The maximum atomic E-state index is 12.6. The molecule has 1 atom stereocenters.